The second kappa shape index (κ2) is 6.18. The number of hydrogen-bond acceptors (Lipinski definition) is 7. The van der Waals surface area contributed by atoms with Gasteiger partial charge < -0.3 is 10.4 Å². The van der Waals surface area contributed by atoms with Crippen LogP contribution in [0, 0.1) is 0 Å². The van der Waals surface area contributed by atoms with Crippen molar-refractivity contribution in [2.45, 2.75) is 30.6 Å². The normalized spacial score (nSPS) is 13.3. The lowest BCUT2D eigenvalue weighted by molar-refractivity contribution is -0.114. The number of nitrogens with zero attached hydrogens (tertiary/aromatic N) is 2. The summed E-state index contributed by atoms with van der Waals surface area (Å²) in [6, 6.07) is -0.567. The van der Waals surface area contributed by atoms with Crippen molar-refractivity contribution in [2.24, 2.45) is 0 Å². The van der Waals surface area contributed by atoms with Gasteiger partial charge in [0.05, 0.1) is 6.61 Å². The van der Waals surface area contributed by atoms with Crippen LogP contribution < -0.4 is 10.0 Å². The smallest absolute Gasteiger partial charge is 0.270 e. The van der Waals surface area contributed by atoms with E-state index in [1.54, 1.807) is 6.92 Å². The van der Waals surface area contributed by atoms with Crippen LogP contribution >= 0.6 is 11.3 Å². The van der Waals surface area contributed by atoms with Crippen molar-refractivity contribution in [3.8, 4) is 0 Å². The van der Waals surface area contributed by atoms with Gasteiger partial charge in [-0.25, -0.2) is 13.1 Å². The Morgan fingerprint density at radius 3 is 2.67 bits per heavy atom. The second-order valence-electron chi connectivity index (χ2n) is 3.46. The fourth-order valence-corrected chi connectivity index (χ4v) is 3.31. The van der Waals surface area contributed by atoms with Gasteiger partial charge in [0.2, 0.25) is 15.4 Å². The molecule has 1 amide bonds. The third kappa shape index (κ3) is 3.98. The number of aliphatic hydroxyl groups excluding tert-OH is 1. The van der Waals surface area contributed by atoms with Crippen LogP contribution in [0.4, 0.5) is 5.13 Å². The highest BCUT2D eigenvalue weighted by Gasteiger charge is 2.23. The van der Waals surface area contributed by atoms with Gasteiger partial charge in [0.1, 0.15) is 0 Å². The number of aliphatic hydroxyl groups is 1. The number of hydrogen-bond donors (Lipinski definition) is 3. The molecule has 0 saturated heterocycles. The van der Waals surface area contributed by atoms with Crippen molar-refractivity contribution in [3.63, 3.8) is 0 Å². The Kier molecular flexibility index (Phi) is 5.14. The Hall–Kier alpha value is -1.10. The van der Waals surface area contributed by atoms with Crippen LogP contribution in [0.3, 0.4) is 0 Å². The van der Waals surface area contributed by atoms with Crippen LogP contribution in [0.25, 0.3) is 0 Å². The Morgan fingerprint density at radius 2 is 2.17 bits per heavy atom. The minimum Gasteiger partial charge on any atom is -0.395 e. The number of nitrogens with one attached hydrogen (secondary N) is 2. The largest absolute Gasteiger partial charge is 0.395 e. The Balaban J connectivity index is 2.85. The number of carbonyl (C=O) groups excluding carboxylic acids is 1. The van der Waals surface area contributed by atoms with Crippen molar-refractivity contribution in [1.82, 2.24) is 14.9 Å². The summed E-state index contributed by atoms with van der Waals surface area (Å²) in [4.78, 5) is 10.8. The van der Waals surface area contributed by atoms with Crippen LogP contribution in [0.5, 0.6) is 0 Å². The average Bonchev–Trinajstić information content (AvgIpc) is 2.74. The van der Waals surface area contributed by atoms with Gasteiger partial charge in [-0.1, -0.05) is 18.3 Å². The number of aromatic nitrogens is 2. The summed E-state index contributed by atoms with van der Waals surface area (Å²) in [5.74, 6) is -0.357. The van der Waals surface area contributed by atoms with Crippen molar-refractivity contribution in [3.05, 3.63) is 0 Å². The zero-order valence-corrected chi connectivity index (χ0v) is 11.5. The molecule has 1 aromatic rings. The Morgan fingerprint density at radius 1 is 1.50 bits per heavy atom. The number of sulfonamides is 1. The molecule has 0 saturated carbocycles. The molecule has 1 atom stereocenters. The summed E-state index contributed by atoms with van der Waals surface area (Å²) in [5, 5.41) is 18.4. The van der Waals surface area contributed by atoms with E-state index < -0.39 is 16.1 Å². The molecule has 1 unspecified atom stereocenters. The SMILES string of the molecule is CCC(CO)NS(=O)(=O)c1nnc(NC(C)=O)s1. The summed E-state index contributed by atoms with van der Waals surface area (Å²) in [7, 11) is -3.82. The van der Waals surface area contributed by atoms with E-state index in [-0.39, 0.29) is 22.0 Å². The number of anilines is 1. The van der Waals surface area contributed by atoms with Gasteiger partial charge in [-0.05, 0) is 6.42 Å². The molecule has 1 heterocycles. The molecule has 10 heteroatoms. The number of carbonyl (C=O) groups is 1. The first-order valence-corrected chi connectivity index (χ1v) is 7.43. The molecule has 18 heavy (non-hydrogen) atoms. The van der Waals surface area contributed by atoms with E-state index in [4.69, 9.17) is 5.11 Å². The van der Waals surface area contributed by atoms with Crippen LogP contribution in [0.1, 0.15) is 20.3 Å². The van der Waals surface area contributed by atoms with Crippen molar-refractivity contribution in [2.75, 3.05) is 11.9 Å². The van der Waals surface area contributed by atoms with Crippen LogP contribution in [0.15, 0.2) is 4.34 Å². The van der Waals surface area contributed by atoms with Crippen molar-refractivity contribution >= 4 is 32.4 Å². The average molecular weight is 294 g/mol. The van der Waals surface area contributed by atoms with Crippen LogP contribution in [0.2, 0.25) is 0 Å². The fourth-order valence-electron chi connectivity index (χ4n) is 1.04. The first-order chi connectivity index (χ1) is 8.39. The van der Waals surface area contributed by atoms with Crippen molar-refractivity contribution in [1.29, 1.82) is 0 Å². The zero-order chi connectivity index (χ0) is 13.8. The summed E-state index contributed by atoms with van der Waals surface area (Å²) in [6.07, 6.45) is 0.451. The molecule has 0 aliphatic heterocycles. The maximum absolute atomic E-state index is 11.8. The number of rotatable bonds is 6. The molecular formula is C8H14N4O4S2. The summed E-state index contributed by atoms with van der Waals surface area (Å²) < 4.78 is 25.7. The molecule has 8 nitrogen and oxygen atoms in total. The van der Waals surface area contributed by atoms with Gasteiger partial charge in [0.25, 0.3) is 10.0 Å². The molecule has 0 aliphatic carbocycles. The molecule has 1 rings (SSSR count). The Labute approximate surface area is 108 Å². The van der Waals surface area contributed by atoms with E-state index in [0.29, 0.717) is 6.42 Å². The summed E-state index contributed by atoms with van der Waals surface area (Å²) in [5.41, 5.74) is 0. The lowest BCUT2D eigenvalue weighted by atomic mass is 10.3. The summed E-state index contributed by atoms with van der Waals surface area (Å²) >= 11 is 0.745. The van der Waals surface area contributed by atoms with Crippen LogP contribution in [-0.2, 0) is 14.8 Å². The quantitative estimate of drug-likeness (QED) is 0.611. The molecule has 0 fully saturated rings. The van der Waals surface area contributed by atoms with Gasteiger partial charge in [-0.15, -0.1) is 10.2 Å². The third-order valence-electron chi connectivity index (χ3n) is 1.95. The number of amides is 1. The zero-order valence-electron chi connectivity index (χ0n) is 9.87. The first-order valence-electron chi connectivity index (χ1n) is 5.13. The first kappa shape index (κ1) is 15.0. The van der Waals surface area contributed by atoms with Gasteiger partial charge in [-0.2, -0.15) is 0 Å². The minimum absolute atomic E-state index is 0.111. The van der Waals surface area contributed by atoms with Gasteiger partial charge in [-0.3, -0.25) is 4.79 Å². The Bertz CT molecular complexity index is 509. The van der Waals surface area contributed by atoms with Gasteiger partial charge in [0, 0.05) is 13.0 Å². The lowest BCUT2D eigenvalue weighted by Crippen LogP contribution is -2.36. The maximum atomic E-state index is 11.8. The monoisotopic (exact) mass is 294 g/mol. The van der Waals surface area contributed by atoms with E-state index >= 15 is 0 Å². The van der Waals surface area contributed by atoms with E-state index in [2.05, 4.69) is 20.2 Å². The molecule has 1 aromatic heterocycles. The molecule has 0 aromatic carbocycles. The predicted molar refractivity (Wildman–Crippen MR) is 65.7 cm³/mol. The molecule has 102 valence electrons. The second-order valence-corrected chi connectivity index (χ2v) is 6.33. The highest BCUT2D eigenvalue weighted by atomic mass is 32.2. The highest BCUT2D eigenvalue weighted by molar-refractivity contribution is 7.91. The summed E-state index contributed by atoms with van der Waals surface area (Å²) in [6.45, 7) is 2.73. The van der Waals surface area contributed by atoms with E-state index in [1.165, 1.54) is 6.92 Å². The van der Waals surface area contributed by atoms with E-state index in [1.807, 2.05) is 0 Å². The topological polar surface area (TPSA) is 121 Å². The van der Waals surface area contributed by atoms with E-state index in [0.717, 1.165) is 11.3 Å². The van der Waals surface area contributed by atoms with Crippen LogP contribution in [-0.4, -0.2) is 42.3 Å². The molecule has 0 spiro atoms. The molecular weight excluding hydrogens is 280 g/mol. The van der Waals surface area contributed by atoms with E-state index in [9.17, 15) is 13.2 Å². The lowest BCUT2D eigenvalue weighted by Gasteiger charge is -2.11. The molecule has 0 radical (unpaired) electrons. The van der Waals surface area contributed by atoms with Crippen molar-refractivity contribution < 1.29 is 18.3 Å². The minimum atomic E-state index is -3.82. The predicted octanol–water partition coefficient (Wildman–Crippen LogP) is -0.454. The molecule has 0 bridgehead atoms. The fraction of sp³-hybridized carbons (Fsp3) is 0.625. The molecule has 3 N–H and O–H groups in total. The van der Waals surface area contributed by atoms with Gasteiger partial charge >= 0.3 is 0 Å². The third-order valence-corrected chi connectivity index (χ3v) is 4.68. The standard InChI is InChI=1S/C8H14N4O4S2/c1-3-6(4-13)12-18(15,16)8-11-10-7(17-8)9-5(2)14/h6,12-13H,3-4H2,1-2H3,(H,9,10,14). The van der Waals surface area contributed by atoms with Gasteiger partial charge in [0.15, 0.2) is 0 Å². The highest BCUT2D eigenvalue weighted by Crippen LogP contribution is 2.19. The maximum Gasteiger partial charge on any atom is 0.270 e. The molecule has 0 aliphatic rings.